The zero-order chi connectivity index (χ0) is 14.5. The van der Waals surface area contributed by atoms with Gasteiger partial charge in [-0.25, -0.2) is 4.79 Å². The number of nitrogens with two attached hydrogens (primary N) is 1. The van der Waals surface area contributed by atoms with E-state index in [1.165, 1.54) is 4.90 Å². The van der Waals surface area contributed by atoms with Crippen LogP contribution in [0.15, 0.2) is 30.3 Å². The normalized spacial score (nSPS) is 19.5. The number of cyclic esters (lactones) is 1. The van der Waals surface area contributed by atoms with Crippen LogP contribution in [-0.2, 0) is 14.3 Å². The van der Waals surface area contributed by atoms with Crippen molar-refractivity contribution < 1.29 is 19.1 Å². The number of carbonyl (C=O) groups is 3. The van der Waals surface area contributed by atoms with Crippen LogP contribution in [0.1, 0.15) is 24.5 Å². The van der Waals surface area contributed by atoms with Crippen molar-refractivity contribution in [2.24, 2.45) is 5.73 Å². The maximum Gasteiger partial charge on any atom is 0.411 e. The lowest BCUT2D eigenvalue weighted by Gasteiger charge is -2.21. The van der Waals surface area contributed by atoms with E-state index in [0.717, 1.165) is 5.56 Å². The molecule has 2 amide bonds. The Morgan fingerprint density at radius 3 is 2.75 bits per heavy atom. The highest BCUT2D eigenvalue weighted by atomic mass is 16.6. The summed E-state index contributed by atoms with van der Waals surface area (Å²) < 4.78 is 5.26. The van der Waals surface area contributed by atoms with Gasteiger partial charge in [-0.15, -0.1) is 0 Å². The first kappa shape index (κ1) is 14.0. The van der Waals surface area contributed by atoms with E-state index in [2.05, 4.69) is 0 Å². The van der Waals surface area contributed by atoms with E-state index in [1.807, 2.05) is 30.3 Å². The highest BCUT2D eigenvalue weighted by Gasteiger charge is 2.38. The second kappa shape index (κ2) is 6.18. The van der Waals surface area contributed by atoms with Gasteiger partial charge < -0.3 is 15.3 Å². The number of hydrogen-bond acceptors (Lipinski definition) is 4. The summed E-state index contributed by atoms with van der Waals surface area (Å²) in [6.45, 7) is 0.259. The standard InChI is InChI=1S/C14H16N2O4/c15-13(18)11(7-4-8-17)16-9-12(20-14(16)19)10-5-2-1-3-6-10/h1-3,5-6,8,11-12H,4,7,9H2,(H2,15,18)/t11?,12-/m1/s1. The van der Waals surface area contributed by atoms with Crippen molar-refractivity contribution in [3.05, 3.63) is 35.9 Å². The average Bonchev–Trinajstić information content (AvgIpc) is 2.82. The fourth-order valence-electron chi connectivity index (χ4n) is 2.25. The molecule has 0 radical (unpaired) electrons. The van der Waals surface area contributed by atoms with Gasteiger partial charge >= 0.3 is 6.09 Å². The molecule has 1 fully saturated rings. The molecule has 1 aliphatic rings. The molecule has 1 heterocycles. The number of ether oxygens (including phenoxy) is 1. The fourth-order valence-corrected chi connectivity index (χ4v) is 2.25. The molecule has 0 aliphatic carbocycles. The molecule has 2 rings (SSSR count). The lowest BCUT2D eigenvalue weighted by atomic mass is 10.1. The van der Waals surface area contributed by atoms with Crippen LogP contribution in [0, 0.1) is 0 Å². The van der Waals surface area contributed by atoms with Gasteiger partial charge in [0.15, 0.2) is 0 Å². The molecule has 0 aromatic heterocycles. The van der Waals surface area contributed by atoms with Gasteiger partial charge in [0.1, 0.15) is 18.4 Å². The summed E-state index contributed by atoms with van der Waals surface area (Å²) in [6.07, 6.45) is 0.102. The molecule has 1 aromatic carbocycles. The Bertz CT molecular complexity index is 503. The third-order valence-electron chi connectivity index (χ3n) is 3.27. The molecule has 1 saturated heterocycles. The quantitative estimate of drug-likeness (QED) is 0.785. The Morgan fingerprint density at radius 1 is 1.45 bits per heavy atom. The second-order valence-electron chi connectivity index (χ2n) is 4.60. The van der Waals surface area contributed by atoms with Crippen molar-refractivity contribution in [3.63, 3.8) is 0 Å². The second-order valence-corrected chi connectivity index (χ2v) is 4.60. The first-order valence-corrected chi connectivity index (χ1v) is 6.38. The monoisotopic (exact) mass is 276 g/mol. The summed E-state index contributed by atoms with van der Waals surface area (Å²) in [6, 6.07) is 8.47. The lowest BCUT2D eigenvalue weighted by Crippen LogP contribution is -2.45. The highest BCUT2D eigenvalue weighted by molar-refractivity contribution is 5.85. The van der Waals surface area contributed by atoms with E-state index in [4.69, 9.17) is 10.5 Å². The van der Waals surface area contributed by atoms with E-state index >= 15 is 0 Å². The maximum atomic E-state index is 11.9. The number of carbonyl (C=O) groups excluding carboxylic acids is 3. The van der Waals surface area contributed by atoms with E-state index in [-0.39, 0.29) is 19.4 Å². The Morgan fingerprint density at radius 2 is 2.15 bits per heavy atom. The smallest absolute Gasteiger partial charge is 0.411 e. The minimum atomic E-state index is -0.804. The average molecular weight is 276 g/mol. The molecule has 2 atom stereocenters. The SMILES string of the molecule is NC(=O)C(CCC=O)N1C[C@H](c2ccccc2)OC1=O. The van der Waals surface area contributed by atoms with Crippen LogP contribution in [0.25, 0.3) is 0 Å². The zero-order valence-electron chi connectivity index (χ0n) is 10.9. The lowest BCUT2D eigenvalue weighted by molar-refractivity contribution is -0.122. The number of benzene rings is 1. The van der Waals surface area contributed by atoms with Gasteiger partial charge in [-0.05, 0) is 12.0 Å². The molecule has 106 valence electrons. The Hall–Kier alpha value is -2.37. The van der Waals surface area contributed by atoms with Crippen LogP contribution in [0.5, 0.6) is 0 Å². The minimum Gasteiger partial charge on any atom is -0.439 e. The van der Waals surface area contributed by atoms with Crippen LogP contribution in [-0.4, -0.2) is 35.8 Å². The largest absolute Gasteiger partial charge is 0.439 e. The third kappa shape index (κ3) is 2.96. The van der Waals surface area contributed by atoms with Crippen LogP contribution in [0.3, 0.4) is 0 Å². The van der Waals surface area contributed by atoms with E-state index in [9.17, 15) is 14.4 Å². The number of hydrogen-bond donors (Lipinski definition) is 1. The van der Waals surface area contributed by atoms with Crippen LogP contribution in [0.2, 0.25) is 0 Å². The Kier molecular flexibility index (Phi) is 4.34. The summed E-state index contributed by atoms with van der Waals surface area (Å²) in [5, 5.41) is 0. The van der Waals surface area contributed by atoms with Crippen molar-refractivity contribution in [1.82, 2.24) is 4.90 Å². The zero-order valence-corrected chi connectivity index (χ0v) is 10.9. The van der Waals surface area contributed by atoms with Gasteiger partial charge in [-0.1, -0.05) is 30.3 Å². The number of aldehydes is 1. The van der Waals surface area contributed by atoms with Gasteiger partial charge in [0.05, 0.1) is 6.54 Å². The highest BCUT2D eigenvalue weighted by Crippen LogP contribution is 2.28. The summed E-state index contributed by atoms with van der Waals surface area (Å²) >= 11 is 0. The maximum absolute atomic E-state index is 11.9. The topological polar surface area (TPSA) is 89.7 Å². The Balaban J connectivity index is 2.11. The molecule has 1 unspecified atom stereocenters. The number of amides is 2. The van der Waals surface area contributed by atoms with Crippen molar-refractivity contribution in [1.29, 1.82) is 0 Å². The molecule has 0 bridgehead atoms. The van der Waals surface area contributed by atoms with Gasteiger partial charge in [0, 0.05) is 6.42 Å². The molecule has 0 saturated carbocycles. The van der Waals surface area contributed by atoms with Gasteiger partial charge in [-0.3, -0.25) is 9.69 Å². The van der Waals surface area contributed by atoms with Gasteiger partial charge in [0.25, 0.3) is 0 Å². The van der Waals surface area contributed by atoms with Crippen molar-refractivity contribution >= 4 is 18.3 Å². The van der Waals surface area contributed by atoms with Crippen LogP contribution in [0.4, 0.5) is 4.79 Å². The van der Waals surface area contributed by atoms with Gasteiger partial charge in [-0.2, -0.15) is 0 Å². The van der Waals surface area contributed by atoms with Crippen molar-refractivity contribution in [2.45, 2.75) is 25.0 Å². The minimum absolute atomic E-state index is 0.174. The molecule has 6 heteroatoms. The predicted octanol–water partition coefficient (Wildman–Crippen LogP) is 1.01. The van der Waals surface area contributed by atoms with Crippen LogP contribution >= 0.6 is 0 Å². The number of nitrogens with zero attached hydrogens (tertiary/aromatic N) is 1. The molecule has 0 spiro atoms. The third-order valence-corrected chi connectivity index (χ3v) is 3.27. The molecule has 6 nitrogen and oxygen atoms in total. The fraction of sp³-hybridized carbons (Fsp3) is 0.357. The van der Waals surface area contributed by atoms with Crippen molar-refractivity contribution in [3.8, 4) is 0 Å². The van der Waals surface area contributed by atoms with Crippen LogP contribution < -0.4 is 5.73 Å². The first-order chi connectivity index (χ1) is 9.63. The molecule has 2 N–H and O–H groups in total. The molecular formula is C14H16N2O4. The molecule has 20 heavy (non-hydrogen) atoms. The number of rotatable bonds is 6. The first-order valence-electron chi connectivity index (χ1n) is 6.38. The summed E-state index contributed by atoms with van der Waals surface area (Å²) in [5.74, 6) is -0.627. The summed E-state index contributed by atoms with van der Waals surface area (Å²) in [5.41, 5.74) is 6.16. The summed E-state index contributed by atoms with van der Waals surface area (Å²) in [4.78, 5) is 35.0. The summed E-state index contributed by atoms with van der Waals surface area (Å²) in [7, 11) is 0. The number of primary amides is 1. The van der Waals surface area contributed by atoms with E-state index in [1.54, 1.807) is 0 Å². The molecule has 1 aromatic rings. The molecule has 1 aliphatic heterocycles. The van der Waals surface area contributed by atoms with Crippen molar-refractivity contribution in [2.75, 3.05) is 6.54 Å². The van der Waals surface area contributed by atoms with E-state index in [0.29, 0.717) is 6.29 Å². The molecular weight excluding hydrogens is 260 g/mol. The predicted molar refractivity (Wildman–Crippen MR) is 70.7 cm³/mol. The Labute approximate surface area is 116 Å². The van der Waals surface area contributed by atoms with Gasteiger partial charge in [0.2, 0.25) is 5.91 Å². The van der Waals surface area contributed by atoms with E-state index < -0.39 is 24.1 Å².